The lowest BCUT2D eigenvalue weighted by Crippen LogP contribution is -2.59. The van der Waals surface area contributed by atoms with E-state index in [1.807, 2.05) is 0 Å². The standard InChI is InChI=1S/C54H90O9/c1-3-5-7-9-11-13-15-17-19-20-21-22-23-24-25-26-27-28-29-31-33-35-37-39-41-43-50(56)62-48(47-61-54-53(59)52(58)51(57)49(45-55)63-54)46-60-44-42-40-38-36-34-32-30-18-16-14-12-10-8-6-4-2/h5,7,11,13,16-19,21-22,24-25,27-28,31,33,48-49,51-55,57-59H,3-4,6,8-10,12,14-15,20,23,26,29-30,32,34-47H2,1-2H3/b7-5-,13-11-,18-16-,19-17-,22-21-,25-24-,28-27-,33-31-. The number of esters is 1. The van der Waals surface area contributed by atoms with Crippen molar-refractivity contribution in [1.29, 1.82) is 0 Å². The van der Waals surface area contributed by atoms with Crippen LogP contribution in [0.15, 0.2) is 97.2 Å². The van der Waals surface area contributed by atoms with Crippen molar-refractivity contribution >= 4 is 5.97 Å². The minimum absolute atomic E-state index is 0.121. The van der Waals surface area contributed by atoms with Gasteiger partial charge in [-0.2, -0.15) is 0 Å². The van der Waals surface area contributed by atoms with Gasteiger partial charge in [-0.1, -0.05) is 169 Å². The second-order valence-corrected chi connectivity index (χ2v) is 16.5. The highest BCUT2D eigenvalue weighted by atomic mass is 16.7. The van der Waals surface area contributed by atoms with Crippen molar-refractivity contribution < 1.29 is 44.2 Å². The third kappa shape index (κ3) is 35.1. The molecule has 0 radical (unpaired) electrons. The van der Waals surface area contributed by atoms with E-state index in [4.69, 9.17) is 18.9 Å². The maximum atomic E-state index is 12.8. The van der Waals surface area contributed by atoms with Crippen molar-refractivity contribution in [2.45, 2.75) is 211 Å². The van der Waals surface area contributed by atoms with E-state index >= 15 is 0 Å². The second kappa shape index (κ2) is 44.3. The molecule has 1 aliphatic rings. The quantitative estimate of drug-likeness (QED) is 0.0269. The molecule has 0 aromatic heterocycles. The van der Waals surface area contributed by atoms with E-state index < -0.39 is 43.4 Å². The SMILES string of the molecule is CC/C=C\C/C=C\C/C=C\C/C=C\C/C=C\C/C=C\C/C=C\CCCCCC(=O)OC(COCCCCCCCC/C=C\CCCCCCC)COC1OC(CO)C(O)C(O)C1O. The molecule has 0 spiro atoms. The Labute approximate surface area is 383 Å². The Morgan fingerprint density at radius 3 is 1.48 bits per heavy atom. The first-order valence-corrected chi connectivity index (χ1v) is 24.8. The van der Waals surface area contributed by atoms with Gasteiger partial charge < -0.3 is 39.4 Å². The number of aliphatic hydroxyl groups is 4. The van der Waals surface area contributed by atoms with Gasteiger partial charge in [-0.3, -0.25) is 4.79 Å². The molecule has 1 aliphatic heterocycles. The van der Waals surface area contributed by atoms with Crippen molar-refractivity contribution in [3.05, 3.63) is 97.2 Å². The zero-order valence-electron chi connectivity index (χ0n) is 39.5. The zero-order valence-corrected chi connectivity index (χ0v) is 39.5. The van der Waals surface area contributed by atoms with Crippen LogP contribution in [0.4, 0.5) is 0 Å². The van der Waals surface area contributed by atoms with E-state index in [0.29, 0.717) is 13.0 Å². The molecule has 6 unspecified atom stereocenters. The van der Waals surface area contributed by atoms with Gasteiger partial charge in [0.05, 0.1) is 19.8 Å². The first kappa shape index (κ1) is 58.1. The molecule has 1 saturated heterocycles. The molecule has 1 rings (SSSR count). The Hall–Kier alpha value is -2.89. The summed E-state index contributed by atoms with van der Waals surface area (Å²) in [7, 11) is 0. The number of allylic oxidation sites excluding steroid dienone is 16. The van der Waals surface area contributed by atoms with Gasteiger partial charge in [-0.15, -0.1) is 0 Å². The molecule has 63 heavy (non-hydrogen) atoms. The monoisotopic (exact) mass is 883 g/mol. The van der Waals surface area contributed by atoms with Crippen molar-refractivity contribution in [3.63, 3.8) is 0 Å². The Bertz CT molecular complexity index is 1280. The highest BCUT2D eigenvalue weighted by Gasteiger charge is 2.44. The van der Waals surface area contributed by atoms with Gasteiger partial charge >= 0.3 is 5.97 Å². The largest absolute Gasteiger partial charge is 0.457 e. The summed E-state index contributed by atoms with van der Waals surface area (Å²) in [6.07, 6.45) is 54.3. The molecule has 0 amide bonds. The van der Waals surface area contributed by atoms with Crippen LogP contribution in [0, 0.1) is 0 Å². The molecule has 6 atom stereocenters. The first-order valence-electron chi connectivity index (χ1n) is 24.8. The fourth-order valence-corrected chi connectivity index (χ4v) is 6.88. The average molecular weight is 883 g/mol. The van der Waals surface area contributed by atoms with Gasteiger partial charge in [0.2, 0.25) is 0 Å². The normalized spacial score (nSPS) is 20.5. The number of unbranched alkanes of at least 4 members (excludes halogenated alkanes) is 14. The molecule has 1 heterocycles. The van der Waals surface area contributed by atoms with E-state index in [9.17, 15) is 25.2 Å². The lowest BCUT2D eigenvalue weighted by Gasteiger charge is -2.39. The summed E-state index contributed by atoms with van der Waals surface area (Å²) in [5.41, 5.74) is 0. The minimum atomic E-state index is -1.55. The van der Waals surface area contributed by atoms with Gasteiger partial charge in [0.15, 0.2) is 6.29 Å². The maximum Gasteiger partial charge on any atom is 0.306 e. The summed E-state index contributed by atoms with van der Waals surface area (Å²) in [5, 5.41) is 40.2. The average Bonchev–Trinajstić information content (AvgIpc) is 3.28. The van der Waals surface area contributed by atoms with E-state index in [2.05, 4.69) is 111 Å². The lowest BCUT2D eigenvalue weighted by molar-refractivity contribution is -0.305. The van der Waals surface area contributed by atoms with Crippen LogP contribution in [0.2, 0.25) is 0 Å². The molecular weight excluding hydrogens is 793 g/mol. The maximum absolute atomic E-state index is 12.8. The fraction of sp³-hybridized carbons (Fsp3) is 0.685. The highest BCUT2D eigenvalue weighted by molar-refractivity contribution is 5.69. The van der Waals surface area contributed by atoms with Crippen molar-refractivity contribution in [1.82, 2.24) is 0 Å². The summed E-state index contributed by atoms with van der Waals surface area (Å²) in [5.74, 6) is -0.351. The van der Waals surface area contributed by atoms with Crippen LogP contribution in [-0.2, 0) is 23.7 Å². The topological polar surface area (TPSA) is 135 Å². The Balaban J connectivity index is 2.27. The number of hydrogen-bond donors (Lipinski definition) is 4. The van der Waals surface area contributed by atoms with E-state index in [0.717, 1.165) is 89.9 Å². The summed E-state index contributed by atoms with van der Waals surface area (Å²) < 4.78 is 22.8. The molecule has 0 bridgehead atoms. The smallest absolute Gasteiger partial charge is 0.306 e. The van der Waals surface area contributed by atoms with E-state index in [-0.39, 0.29) is 25.6 Å². The van der Waals surface area contributed by atoms with Crippen molar-refractivity contribution in [2.24, 2.45) is 0 Å². The molecule has 0 aromatic carbocycles. The van der Waals surface area contributed by atoms with Crippen LogP contribution >= 0.6 is 0 Å². The zero-order chi connectivity index (χ0) is 45.7. The Kier molecular flexibility index (Phi) is 40.9. The van der Waals surface area contributed by atoms with Crippen LogP contribution in [-0.4, -0.2) is 89.6 Å². The van der Waals surface area contributed by atoms with Gasteiger partial charge in [-0.05, 0) is 96.3 Å². The summed E-state index contributed by atoms with van der Waals surface area (Å²) >= 11 is 0. The van der Waals surface area contributed by atoms with Crippen LogP contribution in [0.3, 0.4) is 0 Å². The molecular formula is C54H90O9. The van der Waals surface area contributed by atoms with Crippen molar-refractivity contribution in [3.8, 4) is 0 Å². The highest BCUT2D eigenvalue weighted by Crippen LogP contribution is 2.22. The Morgan fingerprint density at radius 1 is 0.524 bits per heavy atom. The van der Waals surface area contributed by atoms with E-state index in [1.54, 1.807) is 0 Å². The lowest BCUT2D eigenvalue weighted by atomic mass is 9.99. The fourth-order valence-electron chi connectivity index (χ4n) is 6.88. The third-order valence-corrected chi connectivity index (χ3v) is 10.7. The van der Waals surface area contributed by atoms with Crippen LogP contribution < -0.4 is 0 Å². The van der Waals surface area contributed by atoms with Crippen LogP contribution in [0.25, 0.3) is 0 Å². The van der Waals surface area contributed by atoms with Gasteiger partial charge in [0, 0.05) is 13.0 Å². The summed E-state index contributed by atoms with van der Waals surface area (Å²) in [6.45, 7) is 4.37. The molecule has 0 aliphatic carbocycles. The van der Waals surface area contributed by atoms with Gasteiger partial charge in [-0.25, -0.2) is 0 Å². The first-order chi connectivity index (χ1) is 30.9. The molecule has 4 N–H and O–H groups in total. The molecule has 360 valence electrons. The summed E-state index contributed by atoms with van der Waals surface area (Å²) in [6, 6.07) is 0. The number of aliphatic hydroxyl groups excluding tert-OH is 4. The number of hydrogen-bond acceptors (Lipinski definition) is 9. The number of carbonyl (C=O) groups is 1. The predicted molar refractivity (Wildman–Crippen MR) is 260 cm³/mol. The number of rotatable bonds is 41. The van der Waals surface area contributed by atoms with Crippen LogP contribution in [0.1, 0.15) is 174 Å². The number of ether oxygens (including phenoxy) is 4. The molecule has 9 heteroatoms. The van der Waals surface area contributed by atoms with E-state index in [1.165, 1.54) is 57.8 Å². The molecule has 9 nitrogen and oxygen atoms in total. The molecule has 1 fully saturated rings. The van der Waals surface area contributed by atoms with Crippen LogP contribution in [0.5, 0.6) is 0 Å². The van der Waals surface area contributed by atoms with Crippen molar-refractivity contribution in [2.75, 3.05) is 26.4 Å². The molecule has 0 aromatic rings. The second-order valence-electron chi connectivity index (χ2n) is 16.5. The predicted octanol–water partition coefficient (Wildman–Crippen LogP) is 12.0. The molecule has 0 saturated carbocycles. The third-order valence-electron chi connectivity index (χ3n) is 10.7. The van der Waals surface area contributed by atoms with Gasteiger partial charge in [0.25, 0.3) is 0 Å². The Morgan fingerprint density at radius 2 is 0.968 bits per heavy atom. The van der Waals surface area contributed by atoms with Gasteiger partial charge in [0.1, 0.15) is 30.5 Å². The number of carbonyl (C=O) groups excluding carboxylic acids is 1. The minimum Gasteiger partial charge on any atom is -0.457 e. The summed E-state index contributed by atoms with van der Waals surface area (Å²) in [4.78, 5) is 12.8.